The minimum Gasteiger partial charge on any atom is -0.497 e. The number of rotatable bonds is 6. The molecule has 0 bridgehead atoms. The number of carbonyl (C=O) groups is 1. The minimum atomic E-state index is -3.19. The number of benzene rings is 2. The van der Waals surface area contributed by atoms with Gasteiger partial charge in [0.2, 0.25) is 0 Å². The van der Waals surface area contributed by atoms with Crippen LogP contribution in [-0.2, 0) is 11.3 Å². The highest BCUT2D eigenvalue weighted by Crippen LogP contribution is 2.26. The molecule has 134 valence electrons. The van der Waals surface area contributed by atoms with Gasteiger partial charge in [0.15, 0.2) is 0 Å². The molecule has 5 nitrogen and oxygen atoms in total. The van der Waals surface area contributed by atoms with E-state index in [1.54, 1.807) is 12.1 Å². The zero-order chi connectivity index (χ0) is 18.4. The Labute approximate surface area is 144 Å². The summed E-state index contributed by atoms with van der Waals surface area (Å²) in [6, 6.07) is 10.6. The highest BCUT2D eigenvalue weighted by molar-refractivity contribution is 5.86. The van der Waals surface area contributed by atoms with E-state index in [4.69, 9.17) is 9.47 Å². The average Bonchev–Trinajstić information content (AvgIpc) is 2.54. The van der Waals surface area contributed by atoms with Gasteiger partial charge in [0.1, 0.15) is 18.1 Å². The SMILES string of the molecule is COc1ccc(COc2ccc(C)cc2C)c(NC(=O)OC(F)F)c1. The largest absolute Gasteiger partial charge is 0.497 e. The Hall–Kier alpha value is -2.83. The van der Waals surface area contributed by atoms with Crippen molar-refractivity contribution in [2.75, 3.05) is 12.4 Å². The molecule has 1 amide bonds. The Morgan fingerprint density at radius 3 is 2.56 bits per heavy atom. The number of amides is 1. The molecule has 1 N–H and O–H groups in total. The summed E-state index contributed by atoms with van der Waals surface area (Å²) in [5.41, 5.74) is 2.95. The first kappa shape index (κ1) is 18.5. The van der Waals surface area contributed by atoms with Crippen LogP contribution in [0, 0.1) is 13.8 Å². The lowest BCUT2D eigenvalue weighted by molar-refractivity contribution is -0.0766. The molecule has 0 atom stereocenters. The number of carbonyl (C=O) groups excluding carboxylic acids is 1. The van der Waals surface area contributed by atoms with Gasteiger partial charge < -0.3 is 14.2 Å². The molecule has 0 heterocycles. The van der Waals surface area contributed by atoms with Gasteiger partial charge in [-0.25, -0.2) is 4.79 Å². The van der Waals surface area contributed by atoms with Crippen molar-refractivity contribution in [2.24, 2.45) is 0 Å². The monoisotopic (exact) mass is 351 g/mol. The molecule has 2 aromatic carbocycles. The number of anilines is 1. The molecule has 0 saturated heterocycles. The van der Waals surface area contributed by atoms with Crippen LogP contribution in [0.2, 0.25) is 0 Å². The van der Waals surface area contributed by atoms with Crippen LogP contribution in [0.5, 0.6) is 11.5 Å². The van der Waals surface area contributed by atoms with Gasteiger partial charge in [-0.2, -0.15) is 8.78 Å². The summed E-state index contributed by atoms with van der Waals surface area (Å²) in [6.45, 7) is 0.852. The van der Waals surface area contributed by atoms with Crippen molar-refractivity contribution >= 4 is 11.8 Å². The molecule has 2 aromatic rings. The molecule has 0 fully saturated rings. The van der Waals surface area contributed by atoms with Crippen molar-refractivity contribution in [1.82, 2.24) is 0 Å². The summed E-state index contributed by atoms with van der Waals surface area (Å²) in [7, 11) is 1.46. The first-order valence-electron chi connectivity index (χ1n) is 7.52. The predicted octanol–water partition coefficient (Wildman–Crippen LogP) is 4.66. The van der Waals surface area contributed by atoms with Gasteiger partial charge in [-0.1, -0.05) is 17.7 Å². The minimum absolute atomic E-state index is 0.137. The lowest BCUT2D eigenvalue weighted by Gasteiger charge is -2.15. The molecular formula is C18H19F2NO4. The topological polar surface area (TPSA) is 56.8 Å². The highest BCUT2D eigenvalue weighted by Gasteiger charge is 2.14. The van der Waals surface area contributed by atoms with Crippen molar-refractivity contribution < 1.29 is 27.8 Å². The summed E-state index contributed by atoms with van der Waals surface area (Å²) in [6.07, 6.45) is -1.25. The van der Waals surface area contributed by atoms with Gasteiger partial charge >= 0.3 is 12.7 Å². The molecule has 0 spiro atoms. The Morgan fingerprint density at radius 2 is 1.92 bits per heavy atom. The second-order valence-corrected chi connectivity index (χ2v) is 5.37. The highest BCUT2D eigenvalue weighted by atomic mass is 19.3. The second kappa shape index (κ2) is 8.32. The molecule has 0 unspecified atom stereocenters. The van der Waals surface area contributed by atoms with E-state index in [1.165, 1.54) is 13.2 Å². The van der Waals surface area contributed by atoms with Crippen molar-refractivity contribution in [3.63, 3.8) is 0 Å². The van der Waals surface area contributed by atoms with Crippen molar-refractivity contribution in [2.45, 2.75) is 27.1 Å². The summed E-state index contributed by atoms with van der Waals surface area (Å²) in [5, 5.41) is 2.28. The first-order chi connectivity index (χ1) is 11.9. The van der Waals surface area contributed by atoms with E-state index in [2.05, 4.69) is 10.1 Å². The van der Waals surface area contributed by atoms with Gasteiger partial charge in [-0.3, -0.25) is 5.32 Å². The van der Waals surface area contributed by atoms with E-state index in [0.29, 0.717) is 17.1 Å². The van der Waals surface area contributed by atoms with Crippen LogP contribution in [0.3, 0.4) is 0 Å². The number of aryl methyl sites for hydroxylation is 2. The molecule has 0 radical (unpaired) electrons. The smallest absolute Gasteiger partial charge is 0.416 e. The fourth-order valence-corrected chi connectivity index (χ4v) is 2.26. The van der Waals surface area contributed by atoms with E-state index in [-0.39, 0.29) is 12.3 Å². The second-order valence-electron chi connectivity index (χ2n) is 5.37. The van der Waals surface area contributed by atoms with Gasteiger partial charge in [0.05, 0.1) is 12.8 Å². The Morgan fingerprint density at radius 1 is 1.16 bits per heavy atom. The number of methoxy groups -OCH3 is 1. The van der Waals surface area contributed by atoms with E-state index in [9.17, 15) is 13.6 Å². The Kier molecular flexibility index (Phi) is 6.16. The van der Waals surface area contributed by atoms with E-state index < -0.39 is 12.7 Å². The van der Waals surface area contributed by atoms with E-state index in [1.807, 2.05) is 32.0 Å². The van der Waals surface area contributed by atoms with Gasteiger partial charge in [0.25, 0.3) is 0 Å². The lowest BCUT2D eigenvalue weighted by Crippen LogP contribution is -2.18. The maximum atomic E-state index is 12.1. The van der Waals surface area contributed by atoms with Crippen LogP contribution >= 0.6 is 0 Å². The van der Waals surface area contributed by atoms with Gasteiger partial charge in [-0.05, 0) is 37.6 Å². The number of halogens is 2. The number of ether oxygens (including phenoxy) is 3. The van der Waals surface area contributed by atoms with Crippen LogP contribution in [0.25, 0.3) is 0 Å². The van der Waals surface area contributed by atoms with Crippen molar-refractivity contribution in [3.8, 4) is 11.5 Å². The fourth-order valence-electron chi connectivity index (χ4n) is 2.26. The lowest BCUT2D eigenvalue weighted by atomic mass is 10.1. The van der Waals surface area contributed by atoms with Crippen LogP contribution in [0.1, 0.15) is 16.7 Å². The quantitative estimate of drug-likeness (QED) is 0.822. The molecule has 0 aliphatic carbocycles. The Balaban J connectivity index is 2.16. The summed E-state index contributed by atoms with van der Waals surface area (Å²) in [5.74, 6) is 1.16. The van der Waals surface area contributed by atoms with Crippen LogP contribution in [-0.4, -0.2) is 19.8 Å². The standard InChI is InChI=1S/C18H19F2NO4/c1-11-4-7-16(12(2)8-11)24-10-13-5-6-14(23-3)9-15(13)21-18(22)25-17(19)20/h4-9,17H,10H2,1-3H3,(H,21,22). The van der Waals surface area contributed by atoms with Crippen LogP contribution in [0.4, 0.5) is 19.3 Å². The van der Waals surface area contributed by atoms with Crippen LogP contribution in [0.15, 0.2) is 36.4 Å². The zero-order valence-electron chi connectivity index (χ0n) is 14.1. The van der Waals surface area contributed by atoms with Gasteiger partial charge in [-0.15, -0.1) is 0 Å². The predicted molar refractivity (Wildman–Crippen MR) is 89.3 cm³/mol. The molecule has 0 saturated carbocycles. The van der Waals surface area contributed by atoms with Crippen molar-refractivity contribution in [3.05, 3.63) is 53.1 Å². The summed E-state index contributed by atoms with van der Waals surface area (Å²) < 4.78 is 39.0. The molecule has 0 aliphatic heterocycles. The summed E-state index contributed by atoms with van der Waals surface area (Å²) in [4.78, 5) is 11.4. The summed E-state index contributed by atoms with van der Waals surface area (Å²) >= 11 is 0. The van der Waals surface area contributed by atoms with Crippen molar-refractivity contribution in [1.29, 1.82) is 0 Å². The third kappa shape index (κ3) is 5.34. The number of nitrogens with one attached hydrogen (secondary N) is 1. The number of hydrogen-bond acceptors (Lipinski definition) is 4. The molecular weight excluding hydrogens is 332 g/mol. The van der Waals surface area contributed by atoms with Crippen LogP contribution < -0.4 is 14.8 Å². The molecule has 0 aliphatic rings. The maximum Gasteiger partial charge on any atom is 0.416 e. The number of alkyl halides is 2. The number of hydrogen-bond donors (Lipinski definition) is 1. The zero-order valence-corrected chi connectivity index (χ0v) is 14.1. The normalized spacial score (nSPS) is 10.5. The van der Waals surface area contributed by atoms with Gasteiger partial charge in [0, 0.05) is 11.6 Å². The fraction of sp³-hybridized carbons (Fsp3) is 0.278. The average molecular weight is 351 g/mol. The third-order valence-electron chi connectivity index (χ3n) is 3.46. The molecule has 7 heteroatoms. The van der Waals surface area contributed by atoms with E-state index in [0.717, 1.165) is 11.1 Å². The molecule has 25 heavy (non-hydrogen) atoms. The third-order valence-corrected chi connectivity index (χ3v) is 3.46. The molecule has 2 rings (SSSR count). The molecule has 0 aromatic heterocycles. The Bertz CT molecular complexity index is 750. The first-order valence-corrected chi connectivity index (χ1v) is 7.52. The maximum absolute atomic E-state index is 12.1. The van der Waals surface area contributed by atoms with E-state index >= 15 is 0 Å².